The first-order valence-electron chi connectivity index (χ1n) is 7.09. The van der Waals surface area contributed by atoms with Crippen LogP contribution in [0.25, 0.3) is 4.85 Å². The molecule has 0 saturated heterocycles. The van der Waals surface area contributed by atoms with Crippen molar-refractivity contribution in [2.45, 2.75) is 46.0 Å². The summed E-state index contributed by atoms with van der Waals surface area (Å²) in [6.45, 7) is 14.1. The molecule has 1 aliphatic rings. The van der Waals surface area contributed by atoms with E-state index in [-0.39, 0.29) is 0 Å². The molecular formula is C17H23N. The highest BCUT2D eigenvalue weighted by molar-refractivity contribution is 5.46. The molecular weight excluding hydrogens is 218 g/mol. The van der Waals surface area contributed by atoms with E-state index < -0.39 is 0 Å². The molecule has 18 heavy (non-hydrogen) atoms. The molecule has 96 valence electrons. The Hall–Kier alpha value is -1.29. The Balaban J connectivity index is 2.23. The van der Waals surface area contributed by atoms with Gasteiger partial charge in [0.1, 0.15) is 0 Å². The van der Waals surface area contributed by atoms with Crippen molar-refractivity contribution >= 4 is 5.69 Å². The Bertz CT molecular complexity index is 424. The average Bonchev–Trinajstić information content (AvgIpc) is 2.38. The van der Waals surface area contributed by atoms with Gasteiger partial charge >= 0.3 is 0 Å². The van der Waals surface area contributed by atoms with Crippen LogP contribution in [0.1, 0.15) is 51.5 Å². The molecule has 1 fully saturated rings. The molecule has 1 nitrogen and oxygen atoms in total. The molecule has 1 saturated carbocycles. The number of benzene rings is 1. The maximum atomic E-state index is 7.02. The van der Waals surface area contributed by atoms with Crippen LogP contribution >= 0.6 is 0 Å². The van der Waals surface area contributed by atoms with Gasteiger partial charge in [0.25, 0.3) is 0 Å². The first-order valence-corrected chi connectivity index (χ1v) is 7.09. The zero-order chi connectivity index (χ0) is 13.1. The fraction of sp³-hybridized carbons (Fsp3) is 0.588. The summed E-state index contributed by atoms with van der Waals surface area (Å²) in [5, 5.41) is 0. The summed E-state index contributed by atoms with van der Waals surface area (Å²) in [6, 6.07) is 8.29. The third-order valence-electron chi connectivity index (χ3n) is 4.47. The summed E-state index contributed by atoms with van der Waals surface area (Å²) >= 11 is 0. The minimum atomic E-state index is 0.688. The lowest BCUT2D eigenvalue weighted by Crippen LogP contribution is -2.26. The maximum absolute atomic E-state index is 7.02. The Morgan fingerprint density at radius 3 is 2.39 bits per heavy atom. The van der Waals surface area contributed by atoms with Crippen LogP contribution in [-0.2, 0) is 0 Å². The van der Waals surface area contributed by atoms with Crippen LogP contribution in [-0.4, -0.2) is 0 Å². The number of hydrogen-bond donors (Lipinski definition) is 0. The predicted molar refractivity (Wildman–Crippen MR) is 76.8 cm³/mol. The highest BCUT2D eigenvalue weighted by Gasteiger charge is 2.31. The van der Waals surface area contributed by atoms with E-state index in [1.807, 2.05) is 12.1 Å². The maximum Gasteiger partial charge on any atom is 0.187 e. The van der Waals surface area contributed by atoms with Gasteiger partial charge in [-0.3, -0.25) is 0 Å². The molecule has 0 unspecified atom stereocenters. The van der Waals surface area contributed by atoms with E-state index in [1.54, 1.807) is 0 Å². The van der Waals surface area contributed by atoms with Crippen LogP contribution < -0.4 is 0 Å². The molecule has 0 aliphatic heterocycles. The normalized spacial score (nSPS) is 28.1. The summed E-state index contributed by atoms with van der Waals surface area (Å²) in [6.07, 6.45) is 4.04. The van der Waals surface area contributed by atoms with Crippen LogP contribution in [0.5, 0.6) is 0 Å². The van der Waals surface area contributed by atoms with Crippen molar-refractivity contribution in [3.05, 3.63) is 41.2 Å². The molecule has 2 rings (SSSR count). The molecule has 0 amide bonds. The molecule has 1 heteroatoms. The zero-order valence-corrected chi connectivity index (χ0v) is 11.7. The van der Waals surface area contributed by atoms with Gasteiger partial charge in [-0.05, 0) is 42.1 Å². The first-order chi connectivity index (χ1) is 8.61. The smallest absolute Gasteiger partial charge is 0.187 e. The highest BCUT2D eigenvalue weighted by atomic mass is 14.6. The van der Waals surface area contributed by atoms with Gasteiger partial charge in [0.05, 0.1) is 6.57 Å². The fourth-order valence-corrected chi connectivity index (χ4v) is 3.38. The van der Waals surface area contributed by atoms with Gasteiger partial charge in [0, 0.05) is 0 Å². The summed E-state index contributed by atoms with van der Waals surface area (Å²) in [5.41, 5.74) is 2.19. The molecule has 0 spiro atoms. The van der Waals surface area contributed by atoms with Crippen molar-refractivity contribution in [3.63, 3.8) is 0 Å². The molecule has 1 aliphatic carbocycles. The van der Waals surface area contributed by atoms with Crippen molar-refractivity contribution in [3.8, 4) is 0 Å². The van der Waals surface area contributed by atoms with Gasteiger partial charge in [0.2, 0.25) is 0 Å². The lowest BCUT2D eigenvalue weighted by Gasteiger charge is -2.37. The van der Waals surface area contributed by atoms with Crippen molar-refractivity contribution in [2.24, 2.45) is 17.8 Å². The van der Waals surface area contributed by atoms with Gasteiger partial charge < -0.3 is 0 Å². The van der Waals surface area contributed by atoms with Crippen LogP contribution in [0.15, 0.2) is 24.3 Å². The van der Waals surface area contributed by atoms with E-state index in [0.717, 1.165) is 23.4 Å². The summed E-state index contributed by atoms with van der Waals surface area (Å²) in [7, 11) is 0. The quantitative estimate of drug-likeness (QED) is 0.609. The van der Waals surface area contributed by atoms with E-state index in [0.29, 0.717) is 5.92 Å². The Morgan fingerprint density at radius 2 is 1.83 bits per heavy atom. The molecule has 0 aromatic heterocycles. The van der Waals surface area contributed by atoms with Crippen LogP contribution in [0.4, 0.5) is 5.69 Å². The molecule has 0 radical (unpaired) electrons. The number of hydrogen-bond acceptors (Lipinski definition) is 0. The Morgan fingerprint density at radius 1 is 1.17 bits per heavy atom. The van der Waals surface area contributed by atoms with Gasteiger partial charge in [-0.15, -0.1) is 0 Å². The SMILES string of the molecule is [C-]#[N+]c1ccc([C@H]2C[C@@H](C)CC[C@@H]2C(C)C)cc1. The minimum Gasteiger partial charge on any atom is -0.238 e. The second-order valence-electron chi connectivity index (χ2n) is 6.14. The summed E-state index contributed by atoms with van der Waals surface area (Å²) in [5.74, 6) is 3.09. The van der Waals surface area contributed by atoms with Crippen LogP contribution in [0, 0.1) is 24.3 Å². The largest absolute Gasteiger partial charge is 0.238 e. The monoisotopic (exact) mass is 241 g/mol. The second-order valence-corrected chi connectivity index (χ2v) is 6.14. The lowest BCUT2D eigenvalue weighted by atomic mass is 9.67. The zero-order valence-electron chi connectivity index (χ0n) is 11.7. The van der Waals surface area contributed by atoms with Crippen LogP contribution in [0.2, 0.25) is 0 Å². The number of nitrogens with zero attached hydrogens (tertiary/aromatic N) is 1. The van der Waals surface area contributed by atoms with Gasteiger partial charge in [-0.2, -0.15) is 0 Å². The van der Waals surface area contributed by atoms with E-state index in [4.69, 9.17) is 6.57 Å². The summed E-state index contributed by atoms with van der Waals surface area (Å²) < 4.78 is 0. The van der Waals surface area contributed by atoms with Gasteiger partial charge in [-0.25, -0.2) is 4.85 Å². The molecule has 0 bridgehead atoms. The van der Waals surface area contributed by atoms with Crippen LogP contribution in [0.3, 0.4) is 0 Å². The van der Waals surface area contributed by atoms with Gasteiger partial charge in [-0.1, -0.05) is 51.5 Å². The molecule has 3 atom stereocenters. The third kappa shape index (κ3) is 2.75. The Labute approximate surface area is 111 Å². The van der Waals surface area contributed by atoms with Crippen molar-refractivity contribution in [1.82, 2.24) is 0 Å². The van der Waals surface area contributed by atoms with E-state index >= 15 is 0 Å². The highest BCUT2D eigenvalue weighted by Crippen LogP contribution is 2.44. The van der Waals surface area contributed by atoms with E-state index in [1.165, 1.54) is 24.8 Å². The predicted octanol–water partition coefficient (Wildman–Crippen LogP) is 5.41. The number of rotatable bonds is 2. The van der Waals surface area contributed by atoms with Crippen molar-refractivity contribution in [1.29, 1.82) is 0 Å². The minimum absolute atomic E-state index is 0.688. The van der Waals surface area contributed by atoms with Crippen molar-refractivity contribution < 1.29 is 0 Å². The molecule has 0 heterocycles. The van der Waals surface area contributed by atoms with Gasteiger partial charge in [0.15, 0.2) is 5.69 Å². The fourth-order valence-electron chi connectivity index (χ4n) is 3.38. The molecule has 1 aromatic rings. The third-order valence-corrected chi connectivity index (χ3v) is 4.47. The Kier molecular flexibility index (Phi) is 4.07. The first kappa shape index (κ1) is 13.1. The summed E-state index contributed by atoms with van der Waals surface area (Å²) in [4.78, 5) is 3.48. The van der Waals surface area contributed by atoms with Crippen molar-refractivity contribution in [2.75, 3.05) is 0 Å². The second kappa shape index (κ2) is 5.57. The molecule has 0 N–H and O–H groups in total. The molecule has 1 aromatic carbocycles. The van der Waals surface area contributed by atoms with E-state index in [9.17, 15) is 0 Å². The average molecular weight is 241 g/mol. The standard InChI is InChI=1S/C17H23N/c1-12(2)16-10-5-13(3)11-17(16)14-6-8-15(18-4)9-7-14/h6-9,12-13,16-17H,5,10-11H2,1-3H3/t13-,16+,17+/m0/s1. The topological polar surface area (TPSA) is 4.36 Å². The lowest BCUT2D eigenvalue weighted by molar-refractivity contribution is 0.197. The van der Waals surface area contributed by atoms with E-state index in [2.05, 4.69) is 37.7 Å².